The van der Waals surface area contributed by atoms with Crippen LogP contribution in [0.1, 0.15) is 41.4 Å². The highest BCUT2D eigenvalue weighted by Crippen LogP contribution is 2.29. The van der Waals surface area contributed by atoms with Gasteiger partial charge in [0.05, 0.1) is 16.8 Å². The summed E-state index contributed by atoms with van der Waals surface area (Å²) in [6.07, 6.45) is 1.49. The summed E-state index contributed by atoms with van der Waals surface area (Å²) in [5, 5.41) is 6.09. The van der Waals surface area contributed by atoms with Crippen LogP contribution >= 0.6 is 0 Å². The summed E-state index contributed by atoms with van der Waals surface area (Å²) in [4.78, 5) is 21.6. The van der Waals surface area contributed by atoms with E-state index in [-0.39, 0.29) is 24.5 Å². The van der Waals surface area contributed by atoms with Gasteiger partial charge in [-0.2, -0.15) is 0 Å². The first kappa shape index (κ1) is 29.7. The number of aryl methyl sites for hydroxylation is 1. The third-order valence-corrected chi connectivity index (χ3v) is 8.15. The largest absolute Gasteiger partial charge is 0.457 e. The SMILES string of the molecule is CC(C)c1cccc(Nc2nc3cc(Oc4ccnc(C(=O)NCCNS(=O)(=O)Cc5ccccc5)c4)ccc3n2C)c1. The number of nitrogens with one attached hydrogen (secondary N) is 3. The minimum atomic E-state index is -3.52. The number of nitrogens with zero attached hydrogens (tertiary/aromatic N) is 3. The molecular formula is C32H34N6O4S. The summed E-state index contributed by atoms with van der Waals surface area (Å²) in [5.74, 6) is 1.56. The Morgan fingerprint density at radius 2 is 1.72 bits per heavy atom. The number of amides is 1. The maximum absolute atomic E-state index is 12.7. The van der Waals surface area contributed by atoms with Crippen LogP contribution in [0.15, 0.2) is 91.1 Å². The van der Waals surface area contributed by atoms with Crippen molar-refractivity contribution in [1.29, 1.82) is 0 Å². The molecule has 11 heteroatoms. The van der Waals surface area contributed by atoms with Gasteiger partial charge in [-0.1, -0.05) is 56.3 Å². The second kappa shape index (κ2) is 13.1. The molecule has 0 saturated heterocycles. The van der Waals surface area contributed by atoms with Gasteiger partial charge in [0.15, 0.2) is 0 Å². The first-order chi connectivity index (χ1) is 20.7. The predicted octanol–water partition coefficient (Wildman–Crippen LogP) is 5.48. The molecule has 0 spiro atoms. The van der Waals surface area contributed by atoms with E-state index in [1.165, 1.54) is 17.8 Å². The molecule has 1 amide bonds. The van der Waals surface area contributed by atoms with Gasteiger partial charge in [-0.25, -0.2) is 18.1 Å². The second-order valence-corrected chi connectivity index (χ2v) is 12.2. The van der Waals surface area contributed by atoms with Gasteiger partial charge in [-0.15, -0.1) is 0 Å². The van der Waals surface area contributed by atoms with Crippen molar-refractivity contribution in [3.8, 4) is 11.5 Å². The molecule has 0 fully saturated rings. The number of carbonyl (C=O) groups excluding carboxylic acids is 1. The average molecular weight is 599 g/mol. The lowest BCUT2D eigenvalue weighted by Gasteiger charge is -2.10. The Morgan fingerprint density at radius 1 is 0.930 bits per heavy atom. The summed E-state index contributed by atoms with van der Waals surface area (Å²) < 4.78 is 35.1. The number of fused-ring (bicyclic) bond motifs is 1. The van der Waals surface area contributed by atoms with E-state index >= 15 is 0 Å². The molecule has 0 atom stereocenters. The van der Waals surface area contributed by atoms with Crippen LogP contribution in [-0.2, 0) is 22.8 Å². The lowest BCUT2D eigenvalue weighted by molar-refractivity contribution is 0.0949. The van der Waals surface area contributed by atoms with Gasteiger partial charge < -0.3 is 19.9 Å². The minimum absolute atomic E-state index is 0.0567. The topological polar surface area (TPSA) is 127 Å². The third kappa shape index (κ3) is 7.76. The molecular weight excluding hydrogens is 564 g/mol. The fourth-order valence-electron chi connectivity index (χ4n) is 4.51. The summed E-state index contributed by atoms with van der Waals surface area (Å²) in [6, 6.07) is 26.0. The number of rotatable bonds is 12. The molecule has 0 aliphatic rings. The smallest absolute Gasteiger partial charge is 0.270 e. The van der Waals surface area contributed by atoms with Gasteiger partial charge in [0.2, 0.25) is 16.0 Å². The Kier molecular flexibility index (Phi) is 9.03. The molecule has 43 heavy (non-hydrogen) atoms. The van der Waals surface area contributed by atoms with Crippen LogP contribution in [-0.4, -0.2) is 41.9 Å². The van der Waals surface area contributed by atoms with E-state index in [1.807, 2.05) is 48.0 Å². The summed E-state index contributed by atoms with van der Waals surface area (Å²) in [6.45, 7) is 4.49. The van der Waals surface area contributed by atoms with E-state index in [4.69, 9.17) is 9.72 Å². The number of carbonyl (C=O) groups is 1. The van der Waals surface area contributed by atoms with Gasteiger partial charge in [0, 0.05) is 44.2 Å². The Bertz CT molecular complexity index is 1840. The predicted molar refractivity (Wildman–Crippen MR) is 168 cm³/mol. The van der Waals surface area contributed by atoms with Crippen molar-refractivity contribution >= 4 is 38.6 Å². The normalized spacial score (nSPS) is 11.5. The van der Waals surface area contributed by atoms with Gasteiger partial charge in [0.25, 0.3) is 5.91 Å². The van der Waals surface area contributed by atoms with E-state index in [9.17, 15) is 13.2 Å². The number of hydrogen-bond acceptors (Lipinski definition) is 7. The molecule has 10 nitrogen and oxygen atoms in total. The highest BCUT2D eigenvalue weighted by molar-refractivity contribution is 7.88. The molecule has 0 bridgehead atoms. The number of ether oxygens (including phenoxy) is 1. The van der Waals surface area contributed by atoms with Gasteiger partial charge >= 0.3 is 0 Å². The standard InChI is InChI=1S/C32H34N6O4S/c1-22(2)24-10-7-11-25(18-24)36-32-37-28-19-26(12-13-30(28)38(32)3)42-27-14-15-33-29(20-27)31(39)34-16-17-35-43(40,41)21-23-8-5-4-6-9-23/h4-15,18-20,22,35H,16-17,21H2,1-3H3,(H,34,39)(H,36,37). The van der Waals surface area contributed by atoms with Crippen LogP contribution in [0, 0.1) is 0 Å². The van der Waals surface area contributed by atoms with Crippen molar-refractivity contribution in [3.05, 3.63) is 108 Å². The van der Waals surface area contributed by atoms with Crippen molar-refractivity contribution in [2.45, 2.75) is 25.5 Å². The van der Waals surface area contributed by atoms with Crippen LogP contribution in [0.3, 0.4) is 0 Å². The molecule has 0 unspecified atom stereocenters. The van der Waals surface area contributed by atoms with Crippen molar-refractivity contribution in [2.75, 3.05) is 18.4 Å². The van der Waals surface area contributed by atoms with E-state index in [0.29, 0.717) is 28.9 Å². The van der Waals surface area contributed by atoms with E-state index < -0.39 is 15.9 Å². The van der Waals surface area contributed by atoms with Crippen molar-refractivity contribution in [2.24, 2.45) is 7.05 Å². The first-order valence-electron chi connectivity index (χ1n) is 13.9. The van der Waals surface area contributed by atoms with E-state index in [0.717, 1.165) is 16.7 Å². The number of imidazole rings is 1. The Labute approximate surface area is 251 Å². The van der Waals surface area contributed by atoms with Crippen LogP contribution in [0.4, 0.5) is 11.6 Å². The molecule has 0 aliphatic carbocycles. The average Bonchev–Trinajstić information content (AvgIpc) is 3.29. The fraction of sp³-hybridized carbons (Fsp3) is 0.219. The quantitative estimate of drug-likeness (QED) is 0.162. The number of anilines is 2. The summed E-state index contributed by atoms with van der Waals surface area (Å²) in [7, 11) is -1.57. The molecule has 0 aliphatic heterocycles. The number of benzene rings is 3. The molecule has 222 valence electrons. The minimum Gasteiger partial charge on any atom is -0.457 e. The van der Waals surface area contributed by atoms with Gasteiger partial charge in [-0.3, -0.25) is 9.78 Å². The number of aromatic nitrogens is 3. The Morgan fingerprint density at radius 3 is 2.51 bits per heavy atom. The maximum Gasteiger partial charge on any atom is 0.270 e. The fourth-order valence-corrected chi connectivity index (χ4v) is 5.66. The van der Waals surface area contributed by atoms with Crippen molar-refractivity contribution in [1.82, 2.24) is 24.6 Å². The monoisotopic (exact) mass is 598 g/mol. The lowest BCUT2D eigenvalue weighted by Crippen LogP contribution is -2.35. The zero-order valence-electron chi connectivity index (χ0n) is 24.2. The zero-order valence-corrected chi connectivity index (χ0v) is 25.1. The first-order valence-corrected chi connectivity index (χ1v) is 15.6. The third-order valence-electron chi connectivity index (χ3n) is 6.79. The van der Waals surface area contributed by atoms with Crippen molar-refractivity contribution in [3.63, 3.8) is 0 Å². The number of sulfonamides is 1. The summed E-state index contributed by atoms with van der Waals surface area (Å²) in [5.41, 5.74) is 4.74. The maximum atomic E-state index is 12.7. The number of pyridine rings is 1. The van der Waals surface area contributed by atoms with Gasteiger partial charge in [0.1, 0.15) is 17.2 Å². The lowest BCUT2D eigenvalue weighted by atomic mass is 10.0. The molecule has 0 radical (unpaired) electrons. The van der Waals surface area contributed by atoms with Crippen LogP contribution in [0.2, 0.25) is 0 Å². The molecule has 2 aromatic heterocycles. The highest BCUT2D eigenvalue weighted by Gasteiger charge is 2.14. The van der Waals surface area contributed by atoms with Gasteiger partial charge in [-0.05, 0) is 47.4 Å². The molecule has 2 heterocycles. The highest BCUT2D eigenvalue weighted by atomic mass is 32.2. The summed E-state index contributed by atoms with van der Waals surface area (Å²) >= 11 is 0. The number of hydrogen-bond donors (Lipinski definition) is 3. The van der Waals surface area contributed by atoms with Crippen molar-refractivity contribution < 1.29 is 17.9 Å². The second-order valence-electron chi connectivity index (χ2n) is 10.4. The molecule has 3 N–H and O–H groups in total. The van der Waals surface area contributed by atoms with E-state index in [2.05, 4.69) is 46.3 Å². The Hall–Kier alpha value is -4.74. The molecule has 5 aromatic rings. The Balaban J connectivity index is 1.19. The molecule has 5 rings (SSSR count). The zero-order chi connectivity index (χ0) is 30.4. The van der Waals surface area contributed by atoms with Crippen LogP contribution in [0.25, 0.3) is 11.0 Å². The molecule has 0 saturated carbocycles. The van der Waals surface area contributed by atoms with E-state index in [1.54, 1.807) is 30.3 Å². The van der Waals surface area contributed by atoms with Crippen LogP contribution < -0.4 is 20.1 Å². The molecule has 3 aromatic carbocycles. The van der Waals surface area contributed by atoms with Crippen LogP contribution in [0.5, 0.6) is 11.5 Å².